The van der Waals surface area contributed by atoms with Crippen molar-refractivity contribution in [3.8, 4) is 5.75 Å². The molecule has 0 aliphatic heterocycles. The molecule has 1 saturated carbocycles. The molecule has 1 aliphatic carbocycles. The summed E-state index contributed by atoms with van der Waals surface area (Å²) in [5, 5.41) is 2.94. The molecular weight excluding hydrogens is 330 g/mol. The molecule has 0 radical (unpaired) electrons. The molecule has 1 aliphatic rings. The maximum Gasteiger partial charge on any atom is 0.224 e. The highest BCUT2D eigenvalue weighted by molar-refractivity contribution is 7.80. The van der Waals surface area contributed by atoms with Gasteiger partial charge in [0.25, 0.3) is 0 Å². The van der Waals surface area contributed by atoms with Crippen molar-refractivity contribution in [3.63, 3.8) is 0 Å². The van der Waals surface area contributed by atoms with Crippen molar-refractivity contribution in [3.05, 3.63) is 54.6 Å². The Kier molecular flexibility index (Phi) is 8.40. The van der Waals surface area contributed by atoms with Gasteiger partial charge in [0.05, 0.1) is 7.11 Å². The summed E-state index contributed by atoms with van der Waals surface area (Å²) in [6.07, 6.45) is 6.99. The first-order chi connectivity index (χ1) is 12.2. The fourth-order valence-corrected chi connectivity index (χ4v) is 3.12. The lowest BCUT2D eigenvalue weighted by Crippen LogP contribution is -2.18. The Morgan fingerprint density at radius 2 is 1.68 bits per heavy atom. The highest BCUT2D eigenvalue weighted by Gasteiger charge is 2.16. The predicted octanol–water partition coefficient (Wildman–Crippen LogP) is 5.58. The third-order valence-corrected chi connectivity index (χ3v) is 4.63. The van der Waals surface area contributed by atoms with Crippen molar-refractivity contribution < 1.29 is 9.53 Å². The number of carbonyl (C=O) groups excluding carboxylic acids is 1. The van der Waals surface area contributed by atoms with E-state index in [4.69, 9.17) is 4.74 Å². The van der Waals surface area contributed by atoms with Crippen LogP contribution in [0.25, 0.3) is 0 Å². The van der Waals surface area contributed by atoms with Crippen LogP contribution in [-0.4, -0.2) is 13.0 Å². The molecule has 0 bridgehead atoms. The number of ether oxygens (including phenoxy) is 1. The number of thiol groups is 1. The number of hydrogen-bond acceptors (Lipinski definition) is 3. The van der Waals surface area contributed by atoms with Gasteiger partial charge in [-0.15, -0.1) is 12.6 Å². The molecule has 0 atom stereocenters. The van der Waals surface area contributed by atoms with E-state index in [9.17, 15) is 4.79 Å². The van der Waals surface area contributed by atoms with Crippen molar-refractivity contribution in [1.82, 2.24) is 0 Å². The Labute approximate surface area is 156 Å². The van der Waals surface area contributed by atoms with E-state index in [1.54, 1.807) is 7.11 Å². The fraction of sp³-hybridized carbons (Fsp3) is 0.381. The molecule has 0 saturated heterocycles. The second kappa shape index (κ2) is 10.8. The number of carbonyl (C=O) groups is 1. The Hall–Kier alpha value is -1.94. The van der Waals surface area contributed by atoms with Gasteiger partial charge >= 0.3 is 0 Å². The van der Waals surface area contributed by atoms with Gasteiger partial charge in [0.1, 0.15) is 5.75 Å². The Morgan fingerprint density at radius 1 is 1.04 bits per heavy atom. The van der Waals surface area contributed by atoms with E-state index in [1.165, 1.54) is 32.1 Å². The van der Waals surface area contributed by atoms with Crippen LogP contribution in [0.2, 0.25) is 0 Å². The summed E-state index contributed by atoms with van der Waals surface area (Å²) in [5.41, 5.74) is 0.864. The highest BCUT2D eigenvalue weighted by Crippen LogP contribution is 2.26. The van der Waals surface area contributed by atoms with Crippen molar-refractivity contribution in [1.29, 1.82) is 0 Å². The van der Waals surface area contributed by atoms with Crippen LogP contribution in [-0.2, 0) is 4.79 Å². The van der Waals surface area contributed by atoms with Gasteiger partial charge in [-0.3, -0.25) is 4.79 Å². The number of amides is 1. The van der Waals surface area contributed by atoms with Crippen LogP contribution < -0.4 is 10.1 Å². The average molecular weight is 358 g/mol. The van der Waals surface area contributed by atoms with E-state index in [0.717, 1.165) is 16.3 Å². The summed E-state index contributed by atoms with van der Waals surface area (Å²) in [7, 11) is 1.66. The number of hydrogen-bond donors (Lipinski definition) is 2. The standard InChI is InChI=1S/C14H19NOS.C7H8O/c16-14(10-11-4-2-1-3-5-11)15-12-6-8-13(17)9-7-12;1-8-7-5-3-2-4-6-7/h6-9,11,17H,1-5,10H2,(H,15,16);2-6H,1H3. The van der Waals surface area contributed by atoms with Crippen LogP contribution >= 0.6 is 12.6 Å². The van der Waals surface area contributed by atoms with Crippen LogP contribution in [0, 0.1) is 5.92 Å². The molecule has 25 heavy (non-hydrogen) atoms. The van der Waals surface area contributed by atoms with Gasteiger partial charge < -0.3 is 10.1 Å². The second-order valence-corrected chi connectivity index (χ2v) is 6.84. The van der Waals surface area contributed by atoms with Gasteiger partial charge in [-0.2, -0.15) is 0 Å². The third-order valence-electron chi connectivity index (χ3n) is 4.33. The summed E-state index contributed by atoms with van der Waals surface area (Å²) < 4.78 is 4.91. The molecule has 0 unspecified atom stereocenters. The lowest BCUT2D eigenvalue weighted by atomic mass is 9.87. The maximum atomic E-state index is 11.8. The number of nitrogens with one attached hydrogen (secondary N) is 1. The summed E-state index contributed by atoms with van der Waals surface area (Å²) in [5.74, 6) is 1.64. The van der Waals surface area contributed by atoms with Crippen molar-refractivity contribution >= 4 is 24.2 Å². The number of anilines is 1. The molecule has 2 aromatic rings. The predicted molar refractivity (Wildman–Crippen MR) is 107 cm³/mol. The zero-order chi connectivity index (χ0) is 17.9. The Balaban J connectivity index is 0.000000236. The highest BCUT2D eigenvalue weighted by atomic mass is 32.1. The summed E-state index contributed by atoms with van der Waals surface area (Å²) in [6.45, 7) is 0. The van der Waals surface area contributed by atoms with E-state index in [0.29, 0.717) is 12.3 Å². The van der Waals surface area contributed by atoms with E-state index >= 15 is 0 Å². The molecule has 1 amide bonds. The normalized spacial score (nSPS) is 14.2. The molecular formula is C21H27NO2S. The zero-order valence-corrected chi connectivity index (χ0v) is 15.7. The van der Waals surface area contributed by atoms with E-state index in [-0.39, 0.29) is 5.91 Å². The quantitative estimate of drug-likeness (QED) is 0.701. The van der Waals surface area contributed by atoms with Crippen LogP contribution in [0.3, 0.4) is 0 Å². The lowest BCUT2D eigenvalue weighted by molar-refractivity contribution is -0.117. The fourth-order valence-electron chi connectivity index (χ4n) is 2.97. The van der Waals surface area contributed by atoms with Crippen LogP contribution in [0.5, 0.6) is 5.75 Å². The van der Waals surface area contributed by atoms with Gasteiger partial charge in [0.15, 0.2) is 0 Å². The molecule has 0 aromatic heterocycles. The Bertz CT molecular complexity index is 622. The molecule has 2 aromatic carbocycles. The first-order valence-corrected chi connectivity index (χ1v) is 9.30. The first-order valence-electron chi connectivity index (χ1n) is 8.85. The summed E-state index contributed by atoms with van der Waals surface area (Å²) in [6, 6.07) is 17.2. The van der Waals surface area contributed by atoms with E-state index in [2.05, 4.69) is 17.9 Å². The monoisotopic (exact) mass is 357 g/mol. The van der Waals surface area contributed by atoms with Crippen molar-refractivity contribution in [2.24, 2.45) is 5.92 Å². The SMILES string of the molecule is COc1ccccc1.O=C(CC1CCCCC1)Nc1ccc(S)cc1. The zero-order valence-electron chi connectivity index (χ0n) is 14.8. The first kappa shape index (κ1) is 19.4. The topological polar surface area (TPSA) is 38.3 Å². The van der Waals surface area contributed by atoms with Gasteiger partial charge in [0, 0.05) is 17.0 Å². The third kappa shape index (κ3) is 7.65. The molecule has 3 rings (SSSR count). The molecule has 1 fully saturated rings. The summed E-state index contributed by atoms with van der Waals surface area (Å²) >= 11 is 4.22. The molecule has 0 spiro atoms. The Morgan fingerprint density at radius 3 is 2.24 bits per heavy atom. The molecule has 1 N–H and O–H groups in total. The maximum absolute atomic E-state index is 11.8. The largest absolute Gasteiger partial charge is 0.497 e. The second-order valence-electron chi connectivity index (χ2n) is 6.32. The van der Waals surface area contributed by atoms with Crippen molar-refractivity contribution in [2.45, 2.75) is 43.4 Å². The van der Waals surface area contributed by atoms with Crippen LogP contribution in [0.15, 0.2) is 59.5 Å². The summed E-state index contributed by atoms with van der Waals surface area (Å²) in [4.78, 5) is 12.7. The minimum Gasteiger partial charge on any atom is -0.497 e. The molecule has 0 heterocycles. The van der Waals surface area contributed by atoms with Gasteiger partial charge in [-0.1, -0.05) is 37.5 Å². The molecule has 134 valence electrons. The van der Waals surface area contributed by atoms with E-state index < -0.39 is 0 Å². The molecule has 3 nitrogen and oxygen atoms in total. The minimum atomic E-state index is 0.142. The van der Waals surface area contributed by atoms with E-state index in [1.807, 2.05) is 54.6 Å². The van der Waals surface area contributed by atoms with Crippen molar-refractivity contribution in [2.75, 3.05) is 12.4 Å². The number of methoxy groups -OCH3 is 1. The number of para-hydroxylation sites is 1. The van der Waals surface area contributed by atoms with Gasteiger partial charge in [0.2, 0.25) is 5.91 Å². The van der Waals surface area contributed by atoms with Crippen LogP contribution in [0.4, 0.5) is 5.69 Å². The van der Waals surface area contributed by atoms with Gasteiger partial charge in [-0.25, -0.2) is 0 Å². The minimum absolute atomic E-state index is 0.142. The molecule has 4 heteroatoms. The van der Waals surface area contributed by atoms with Gasteiger partial charge in [-0.05, 0) is 55.2 Å². The smallest absolute Gasteiger partial charge is 0.224 e. The number of rotatable bonds is 4. The van der Waals surface area contributed by atoms with Crippen LogP contribution in [0.1, 0.15) is 38.5 Å². The number of benzene rings is 2. The average Bonchev–Trinajstić information content (AvgIpc) is 2.65. The lowest BCUT2D eigenvalue weighted by Gasteiger charge is -2.20.